The molecule has 0 N–H and O–H groups in total. The SMILES string of the molecule is C=CC1C(C(=O)OC)=C(C(=O)OC)C(C(=O)OC)=C(C(=O)OC)N1C(C)(C)C. The first-order chi connectivity index (χ1) is 13.0. The number of carbonyl (C=O) groups is 4. The van der Waals surface area contributed by atoms with Crippen LogP contribution in [0.4, 0.5) is 0 Å². The van der Waals surface area contributed by atoms with Crippen LogP contribution >= 0.6 is 0 Å². The maximum absolute atomic E-state index is 12.7. The molecule has 0 aromatic rings. The molecule has 0 saturated carbocycles. The van der Waals surface area contributed by atoms with Crippen LogP contribution in [0.1, 0.15) is 20.8 Å². The molecule has 1 rings (SSSR count). The zero-order valence-corrected chi connectivity index (χ0v) is 17.1. The van der Waals surface area contributed by atoms with Crippen LogP contribution in [0.15, 0.2) is 35.1 Å². The average Bonchev–Trinajstić information content (AvgIpc) is 2.68. The van der Waals surface area contributed by atoms with Crippen molar-refractivity contribution in [3.05, 3.63) is 35.1 Å². The number of hydrogen-bond acceptors (Lipinski definition) is 9. The Hall–Kier alpha value is -3.10. The number of methoxy groups -OCH3 is 4. The van der Waals surface area contributed by atoms with Crippen LogP contribution in [0.2, 0.25) is 0 Å². The van der Waals surface area contributed by atoms with Crippen LogP contribution in [0.25, 0.3) is 0 Å². The summed E-state index contributed by atoms with van der Waals surface area (Å²) in [5, 5.41) is 0. The second-order valence-corrected chi connectivity index (χ2v) is 6.70. The summed E-state index contributed by atoms with van der Waals surface area (Å²) in [4.78, 5) is 51.9. The first kappa shape index (κ1) is 22.9. The third-order valence-corrected chi connectivity index (χ3v) is 4.08. The van der Waals surface area contributed by atoms with Crippen molar-refractivity contribution < 1.29 is 38.1 Å². The molecule has 9 nitrogen and oxygen atoms in total. The maximum Gasteiger partial charge on any atom is 0.355 e. The van der Waals surface area contributed by atoms with E-state index in [9.17, 15) is 19.2 Å². The molecular formula is C19H25NO8. The standard InChI is InChI=1S/C19H25NO8/c1-9-10-11(15(21)25-5)12(16(22)26-6)13(17(23)27-7)14(18(24)28-8)20(10)19(2,3)4/h9-10H,1H2,2-8H3. The van der Waals surface area contributed by atoms with E-state index in [0.717, 1.165) is 28.4 Å². The zero-order valence-electron chi connectivity index (χ0n) is 17.1. The van der Waals surface area contributed by atoms with Crippen LogP contribution < -0.4 is 0 Å². The minimum atomic E-state index is -1.01. The molecule has 1 aliphatic heterocycles. The lowest BCUT2D eigenvalue weighted by Gasteiger charge is -2.46. The Kier molecular flexibility index (Phi) is 7.15. The molecule has 1 unspecified atom stereocenters. The van der Waals surface area contributed by atoms with Gasteiger partial charge in [-0.25, -0.2) is 19.2 Å². The van der Waals surface area contributed by atoms with Crippen molar-refractivity contribution in [2.45, 2.75) is 32.4 Å². The second-order valence-electron chi connectivity index (χ2n) is 6.70. The highest BCUT2D eigenvalue weighted by molar-refractivity contribution is 6.16. The highest BCUT2D eigenvalue weighted by atomic mass is 16.5. The van der Waals surface area contributed by atoms with Gasteiger partial charge in [-0.15, -0.1) is 6.58 Å². The molecule has 0 aromatic carbocycles. The molecule has 0 fully saturated rings. The highest BCUT2D eigenvalue weighted by Crippen LogP contribution is 2.39. The Labute approximate surface area is 163 Å². The third-order valence-electron chi connectivity index (χ3n) is 4.08. The van der Waals surface area contributed by atoms with Crippen molar-refractivity contribution in [2.24, 2.45) is 0 Å². The van der Waals surface area contributed by atoms with Gasteiger partial charge in [-0.2, -0.15) is 0 Å². The molecule has 0 spiro atoms. The van der Waals surface area contributed by atoms with Crippen LogP contribution in [0.3, 0.4) is 0 Å². The van der Waals surface area contributed by atoms with Gasteiger partial charge < -0.3 is 23.8 Å². The summed E-state index contributed by atoms with van der Waals surface area (Å²) in [7, 11) is 4.42. The normalized spacial score (nSPS) is 17.1. The Morgan fingerprint density at radius 1 is 0.821 bits per heavy atom. The summed E-state index contributed by atoms with van der Waals surface area (Å²) in [6.45, 7) is 8.97. The van der Waals surface area contributed by atoms with E-state index in [4.69, 9.17) is 18.9 Å². The predicted octanol–water partition coefficient (Wildman–Crippen LogP) is 0.898. The van der Waals surface area contributed by atoms with E-state index in [2.05, 4.69) is 6.58 Å². The molecule has 0 aliphatic carbocycles. The van der Waals surface area contributed by atoms with Crippen molar-refractivity contribution in [1.82, 2.24) is 4.90 Å². The van der Waals surface area contributed by atoms with Crippen molar-refractivity contribution in [3.8, 4) is 0 Å². The minimum Gasteiger partial charge on any atom is -0.466 e. The molecule has 9 heteroatoms. The van der Waals surface area contributed by atoms with Gasteiger partial charge in [0.1, 0.15) is 11.3 Å². The highest BCUT2D eigenvalue weighted by Gasteiger charge is 2.48. The third kappa shape index (κ3) is 3.92. The largest absolute Gasteiger partial charge is 0.466 e. The minimum absolute atomic E-state index is 0.202. The van der Waals surface area contributed by atoms with Crippen molar-refractivity contribution in [3.63, 3.8) is 0 Å². The Morgan fingerprint density at radius 3 is 1.61 bits per heavy atom. The molecule has 0 aromatic heterocycles. The van der Waals surface area contributed by atoms with Gasteiger partial charge >= 0.3 is 23.9 Å². The van der Waals surface area contributed by atoms with Crippen LogP contribution in [0.5, 0.6) is 0 Å². The first-order valence-corrected chi connectivity index (χ1v) is 8.25. The van der Waals surface area contributed by atoms with E-state index < -0.39 is 46.6 Å². The number of hydrogen-bond donors (Lipinski definition) is 0. The molecule has 0 bridgehead atoms. The molecule has 154 valence electrons. The van der Waals surface area contributed by atoms with Gasteiger partial charge in [0.15, 0.2) is 0 Å². The Balaban J connectivity index is 4.23. The van der Waals surface area contributed by atoms with Crippen molar-refractivity contribution in [1.29, 1.82) is 0 Å². The van der Waals surface area contributed by atoms with Gasteiger partial charge in [-0.3, -0.25) is 0 Å². The number of esters is 4. The summed E-state index contributed by atoms with van der Waals surface area (Å²) in [6, 6.07) is -0.982. The molecule has 28 heavy (non-hydrogen) atoms. The van der Waals surface area contributed by atoms with E-state index >= 15 is 0 Å². The van der Waals surface area contributed by atoms with E-state index in [0.29, 0.717) is 0 Å². The quantitative estimate of drug-likeness (QED) is 0.381. The predicted molar refractivity (Wildman–Crippen MR) is 97.7 cm³/mol. The number of nitrogens with zero attached hydrogens (tertiary/aromatic N) is 1. The molecule has 1 atom stereocenters. The van der Waals surface area contributed by atoms with Crippen LogP contribution in [-0.2, 0) is 38.1 Å². The van der Waals surface area contributed by atoms with Gasteiger partial charge in [0.25, 0.3) is 0 Å². The fourth-order valence-electron chi connectivity index (χ4n) is 3.01. The molecular weight excluding hydrogens is 370 g/mol. The topological polar surface area (TPSA) is 108 Å². The monoisotopic (exact) mass is 395 g/mol. The van der Waals surface area contributed by atoms with Gasteiger partial charge in [0, 0.05) is 5.54 Å². The molecule has 0 saturated heterocycles. The van der Waals surface area contributed by atoms with Gasteiger partial charge in [0.05, 0.1) is 45.6 Å². The summed E-state index contributed by atoms with van der Waals surface area (Å²) >= 11 is 0. The molecule has 0 amide bonds. The summed E-state index contributed by atoms with van der Waals surface area (Å²) in [6.07, 6.45) is 1.36. The maximum atomic E-state index is 12.7. The van der Waals surface area contributed by atoms with E-state index in [1.165, 1.54) is 11.0 Å². The summed E-state index contributed by atoms with van der Waals surface area (Å²) in [5.74, 6) is -3.81. The lowest BCUT2D eigenvalue weighted by molar-refractivity contribution is -0.144. The molecule has 1 aliphatic rings. The van der Waals surface area contributed by atoms with Crippen molar-refractivity contribution >= 4 is 23.9 Å². The lowest BCUT2D eigenvalue weighted by Crippen LogP contribution is -2.54. The average molecular weight is 395 g/mol. The van der Waals surface area contributed by atoms with E-state index in [-0.39, 0.29) is 11.3 Å². The van der Waals surface area contributed by atoms with Gasteiger partial charge in [-0.1, -0.05) is 6.08 Å². The van der Waals surface area contributed by atoms with Crippen LogP contribution in [0, 0.1) is 0 Å². The number of rotatable bonds is 5. The number of carbonyl (C=O) groups excluding carboxylic acids is 4. The fourth-order valence-corrected chi connectivity index (χ4v) is 3.01. The zero-order chi connectivity index (χ0) is 21.8. The molecule has 0 radical (unpaired) electrons. The fraction of sp³-hybridized carbons (Fsp3) is 0.474. The first-order valence-electron chi connectivity index (χ1n) is 8.25. The summed E-state index contributed by atoms with van der Waals surface area (Å²) < 4.78 is 19.2. The molecule has 1 heterocycles. The van der Waals surface area contributed by atoms with Crippen molar-refractivity contribution in [2.75, 3.05) is 28.4 Å². The van der Waals surface area contributed by atoms with Gasteiger partial charge in [0.2, 0.25) is 0 Å². The summed E-state index contributed by atoms with van der Waals surface area (Å²) in [5.41, 5.74) is -2.14. The lowest BCUT2D eigenvalue weighted by atomic mass is 9.84. The van der Waals surface area contributed by atoms with E-state index in [1.807, 2.05) is 0 Å². The Bertz CT molecular complexity index is 769. The second kappa shape index (κ2) is 8.73. The van der Waals surface area contributed by atoms with E-state index in [1.54, 1.807) is 20.8 Å². The Morgan fingerprint density at radius 2 is 1.25 bits per heavy atom. The van der Waals surface area contributed by atoms with Crippen LogP contribution in [-0.4, -0.2) is 68.8 Å². The van der Waals surface area contributed by atoms with Gasteiger partial charge in [-0.05, 0) is 20.8 Å². The smallest absolute Gasteiger partial charge is 0.355 e. The number of ether oxygens (including phenoxy) is 4.